The van der Waals surface area contributed by atoms with Crippen LogP contribution in [0.1, 0.15) is 11.5 Å². The van der Waals surface area contributed by atoms with E-state index in [1.807, 2.05) is 31.1 Å². The molecule has 0 aliphatic heterocycles. The lowest BCUT2D eigenvalue weighted by Gasteiger charge is -2.16. The molecule has 0 fully saturated rings. The van der Waals surface area contributed by atoms with Gasteiger partial charge in [0.05, 0.1) is 6.54 Å². The van der Waals surface area contributed by atoms with E-state index in [1.165, 1.54) is 0 Å². The normalized spacial score (nSPS) is 10.3. The number of hydrogen-bond donors (Lipinski definition) is 1. The molecule has 0 unspecified atom stereocenters. The number of nitrogens with zero attached hydrogens (tertiary/aromatic N) is 4. The van der Waals surface area contributed by atoms with Crippen LogP contribution >= 0.6 is 0 Å². The molecule has 5 nitrogen and oxygen atoms in total. The molecule has 2 aromatic rings. The fraction of sp³-hybridized carbons (Fsp3) is 0.300. The van der Waals surface area contributed by atoms with Crippen molar-refractivity contribution in [3.8, 4) is 0 Å². The van der Waals surface area contributed by atoms with Crippen LogP contribution in [-0.4, -0.2) is 27.0 Å². The Morgan fingerprint density at radius 1 is 1.33 bits per heavy atom. The molecule has 0 saturated heterocycles. The van der Waals surface area contributed by atoms with Crippen molar-refractivity contribution in [1.82, 2.24) is 19.9 Å². The molecule has 0 aromatic carbocycles. The molecule has 0 aliphatic carbocycles. The zero-order chi connectivity index (χ0) is 10.7. The van der Waals surface area contributed by atoms with E-state index >= 15 is 0 Å². The van der Waals surface area contributed by atoms with Crippen molar-refractivity contribution in [1.29, 1.82) is 0 Å². The minimum Gasteiger partial charge on any atom is -0.352 e. The summed E-state index contributed by atoms with van der Waals surface area (Å²) >= 11 is 0. The molecule has 0 radical (unpaired) electrons. The number of aromatic nitrogens is 4. The molecule has 0 amide bonds. The van der Waals surface area contributed by atoms with Crippen molar-refractivity contribution in [3.63, 3.8) is 0 Å². The summed E-state index contributed by atoms with van der Waals surface area (Å²) in [5, 5.41) is 0. The van der Waals surface area contributed by atoms with Gasteiger partial charge >= 0.3 is 0 Å². The average Bonchev–Trinajstić information content (AvgIpc) is 2.70. The maximum atomic E-state index is 4.19. The Hall–Kier alpha value is -1.91. The van der Waals surface area contributed by atoms with E-state index in [1.54, 1.807) is 12.5 Å². The highest BCUT2D eigenvalue weighted by molar-refractivity contribution is 5.37. The summed E-state index contributed by atoms with van der Waals surface area (Å²) in [7, 11) is 1.98. The van der Waals surface area contributed by atoms with Gasteiger partial charge in [-0.2, -0.15) is 0 Å². The van der Waals surface area contributed by atoms with E-state index in [4.69, 9.17) is 0 Å². The van der Waals surface area contributed by atoms with Gasteiger partial charge in [-0.15, -0.1) is 0 Å². The second kappa shape index (κ2) is 4.08. The van der Waals surface area contributed by atoms with Crippen molar-refractivity contribution < 1.29 is 0 Å². The van der Waals surface area contributed by atoms with E-state index < -0.39 is 0 Å². The highest BCUT2D eigenvalue weighted by Crippen LogP contribution is 2.10. The van der Waals surface area contributed by atoms with Gasteiger partial charge in [-0.05, 0) is 6.92 Å². The van der Waals surface area contributed by atoms with Crippen LogP contribution in [0.3, 0.4) is 0 Å². The molecular formula is C10H13N5. The van der Waals surface area contributed by atoms with Crippen LogP contribution in [0.15, 0.2) is 24.8 Å². The number of aryl methyl sites for hydroxylation is 1. The van der Waals surface area contributed by atoms with Gasteiger partial charge in [-0.1, -0.05) is 0 Å². The van der Waals surface area contributed by atoms with Gasteiger partial charge in [-0.25, -0.2) is 15.0 Å². The topological polar surface area (TPSA) is 57.7 Å². The average molecular weight is 203 g/mol. The molecule has 0 spiro atoms. The van der Waals surface area contributed by atoms with Crippen molar-refractivity contribution in [2.75, 3.05) is 11.9 Å². The summed E-state index contributed by atoms with van der Waals surface area (Å²) < 4.78 is 0. The number of aromatic amines is 1. The predicted octanol–water partition coefficient (Wildman–Crippen LogP) is 1.14. The number of anilines is 1. The number of hydrogen-bond acceptors (Lipinski definition) is 4. The van der Waals surface area contributed by atoms with Crippen LogP contribution in [0.25, 0.3) is 0 Å². The van der Waals surface area contributed by atoms with Gasteiger partial charge in [0.25, 0.3) is 0 Å². The lowest BCUT2D eigenvalue weighted by atomic mass is 10.4. The summed E-state index contributed by atoms with van der Waals surface area (Å²) in [4.78, 5) is 17.5. The minimum absolute atomic E-state index is 0.712. The van der Waals surface area contributed by atoms with Gasteiger partial charge in [-0.3, -0.25) is 0 Å². The van der Waals surface area contributed by atoms with E-state index in [2.05, 4.69) is 19.9 Å². The Morgan fingerprint density at radius 2 is 2.20 bits per heavy atom. The van der Waals surface area contributed by atoms with E-state index in [9.17, 15) is 0 Å². The SMILES string of the molecule is Cc1cc(N(C)Cc2ncc[nH]2)ncn1. The largest absolute Gasteiger partial charge is 0.352 e. The summed E-state index contributed by atoms with van der Waals surface area (Å²) in [6.07, 6.45) is 5.13. The molecule has 15 heavy (non-hydrogen) atoms. The van der Waals surface area contributed by atoms with Gasteiger partial charge in [0.2, 0.25) is 0 Å². The first-order valence-electron chi connectivity index (χ1n) is 4.74. The zero-order valence-corrected chi connectivity index (χ0v) is 8.81. The Labute approximate surface area is 88.2 Å². The highest BCUT2D eigenvalue weighted by Gasteiger charge is 2.04. The number of rotatable bonds is 3. The summed E-state index contributed by atoms with van der Waals surface area (Å²) in [6, 6.07) is 1.95. The standard InChI is InChI=1S/C10H13N5/c1-8-5-10(14-7-13-8)15(2)6-9-11-3-4-12-9/h3-5,7H,6H2,1-2H3,(H,11,12). The summed E-state index contributed by atoms with van der Waals surface area (Å²) in [5.41, 5.74) is 0.964. The van der Waals surface area contributed by atoms with E-state index in [-0.39, 0.29) is 0 Å². The maximum absolute atomic E-state index is 4.19. The van der Waals surface area contributed by atoms with Crippen molar-refractivity contribution in [2.45, 2.75) is 13.5 Å². The molecule has 0 aliphatic rings. The van der Waals surface area contributed by atoms with Crippen LogP contribution in [-0.2, 0) is 6.54 Å². The molecule has 0 atom stereocenters. The van der Waals surface area contributed by atoms with Crippen LogP contribution in [0, 0.1) is 6.92 Å². The molecule has 2 rings (SSSR count). The molecule has 2 heterocycles. The second-order valence-electron chi connectivity index (χ2n) is 3.41. The van der Waals surface area contributed by atoms with E-state index in [0.29, 0.717) is 6.54 Å². The Bertz CT molecular complexity index is 423. The van der Waals surface area contributed by atoms with Gasteiger partial charge in [0.1, 0.15) is 18.0 Å². The second-order valence-corrected chi connectivity index (χ2v) is 3.41. The van der Waals surface area contributed by atoms with Crippen molar-refractivity contribution >= 4 is 5.82 Å². The zero-order valence-electron chi connectivity index (χ0n) is 8.81. The van der Waals surface area contributed by atoms with Crippen LogP contribution < -0.4 is 4.90 Å². The smallest absolute Gasteiger partial charge is 0.132 e. The maximum Gasteiger partial charge on any atom is 0.132 e. The first kappa shape index (κ1) is 9.64. The first-order valence-corrected chi connectivity index (χ1v) is 4.74. The third kappa shape index (κ3) is 2.31. The fourth-order valence-corrected chi connectivity index (χ4v) is 1.34. The van der Waals surface area contributed by atoms with Crippen LogP contribution in [0.5, 0.6) is 0 Å². The minimum atomic E-state index is 0.712. The van der Waals surface area contributed by atoms with Gasteiger partial charge in [0, 0.05) is 31.2 Å². The van der Waals surface area contributed by atoms with Crippen molar-refractivity contribution in [3.05, 3.63) is 36.3 Å². The number of nitrogens with one attached hydrogen (secondary N) is 1. The third-order valence-electron chi connectivity index (χ3n) is 2.12. The number of H-pyrrole nitrogens is 1. The summed E-state index contributed by atoms with van der Waals surface area (Å²) in [6.45, 7) is 2.66. The predicted molar refractivity (Wildman–Crippen MR) is 57.5 cm³/mol. The molecular weight excluding hydrogens is 190 g/mol. The molecule has 5 heteroatoms. The van der Waals surface area contributed by atoms with Gasteiger partial charge in [0.15, 0.2) is 0 Å². The molecule has 1 N–H and O–H groups in total. The third-order valence-corrected chi connectivity index (χ3v) is 2.12. The van der Waals surface area contributed by atoms with E-state index in [0.717, 1.165) is 17.3 Å². The lowest BCUT2D eigenvalue weighted by Crippen LogP contribution is -2.18. The van der Waals surface area contributed by atoms with Crippen LogP contribution in [0.4, 0.5) is 5.82 Å². The quantitative estimate of drug-likeness (QED) is 0.812. The van der Waals surface area contributed by atoms with Gasteiger partial charge < -0.3 is 9.88 Å². The molecule has 78 valence electrons. The fourth-order valence-electron chi connectivity index (χ4n) is 1.34. The first-order chi connectivity index (χ1) is 7.25. The van der Waals surface area contributed by atoms with Crippen LogP contribution in [0.2, 0.25) is 0 Å². The molecule has 0 bridgehead atoms. The molecule has 0 saturated carbocycles. The monoisotopic (exact) mass is 203 g/mol. The Balaban J connectivity index is 2.11. The highest BCUT2D eigenvalue weighted by atomic mass is 15.2. The molecule has 2 aromatic heterocycles. The lowest BCUT2D eigenvalue weighted by molar-refractivity contribution is 0.837. The Morgan fingerprint density at radius 3 is 2.87 bits per heavy atom. The number of imidazole rings is 1. The summed E-state index contributed by atoms with van der Waals surface area (Å²) in [5.74, 6) is 1.83. The Kier molecular flexibility index (Phi) is 2.62. The van der Waals surface area contributed by atoms with Crippen molar-refractivity contribution in [2.24, 2.45) is 0 Å².